The minimum Gasteiger partial charge on any atom is -0.493 e. The average molecular weight is 282 g/mol. The Kier molecular flexibility index (Phi) is 6.02. The molecule has 1 aromatic heterocycles. The van der Waals surface area contributed by atoms with Crippen molar-refractivity contribution in [1.82, 2.24) is 20.0 Å². The van der Waals surface area contributed by atoms with Crippen molar-refractivity contribution in [2.45, 2.75) is 39.8 Å². The Morgan fingerprint density at radius 1 is 1.45 bits per heavy atom. The molecule has 0 fully saturated rings. The third kappa shape index (κ3) is 3.73. The number of ether oxygens (including phenoxy) is 1. The van der Waals surface area contributed by atoms with Gasteiger partial charge in [-0.3, -0.25) is 4.68 Å². The third-order valence-corrected chi connectivity index (χ3v) is 4.08. The van der Waals surface area contributed by atoms with Gasteiger partial charge in [-0.05, 0) is 33.0 Å². The highest BCUT2D eigenvalue weighted by atomic mass is 16.5. The normalized spacial score (nSPS) is 13.8. The number of rotatable bonds is 8. The smallest absolute Gasteiger partial charge is 0.161 e. The van der Waals surface area contributed by atoms with E-state index < -0.39 is 0 Å². The molecule has 116 valence electrons. The molecular weight excluding hydrogens is 252 g/mol. The van der Waals surface area contributed by atoms with Crippen LogP contribution in [0.4, 0.5) is 0 Å². The molecule has 0 aromatic carbocycles. The summed E-state index contributed by atoms with van der Waals surface area (Å²) in [6.45, 7) is 8.59. The molecule has 0 amide bonds. The zero-order valence-electron chi connectivity index (χ0n) is 14.0. The van der Waals surface area contributed by atoms with Crippen LogP contribution >= 0.6 is 0 Å². The van der Waals surface area contributed by atoms with E-state index in [1.165, 1.54) is 0 Å². The number of hydrogen-bond donors (Lipinski definition) is 1. The van der Waals surface area contributed by atoms with Crippen molar-refractivity contribution in [3.05, 3.63) is 11.9 Å². The molecule has 0 bridgehead atoms. The molecule has 0 aliphatic rings. The number of methoxy groups -OCH3 is 1. The van der Waals surface area contributed by atoms with Gasteiger partial charge in [0.05, 0.1) is 31.6 Å². The molecule has 1 aromatic rings. The summed E-state index contributed by atoms with van der Waals surface area (Å²) in [5, 5.41) is 7.94. The molecule has 1 N–H and O–H groups in total. The van der Waals surface area contributed by atoms with Crippen molar-refractivity contribution in [3.8, 4) is 5.75 Å². The molecule has 5 nitrogen and oxygen atoms in total. The van der Waals surface area contributed by atoms with Gasteiger partial charge in [0.1, 0.15) is 0 Å². The Bertz CT molecular complexity index is 412. The first-order chi connectivity index (χ1) is 9.37. The van der Waals surface area contributed by atoms with Crippen molar-refractivity contribution in [3.63, 3.8) is 0 Å². The van der Waals surface area contributed by atoms with Crippen LogP contribution in [0.3, 0.4) is 0 Å². The summed E-state index contributed by atoms with van der Waals surface area (Å²) in [4.78, 5) is 2.16. The van der Waals surface area contributed by atoms with E-state index in [1.807, 2.05) is 13.2 Å². The van der Waals surface area contributed by atoms with E-state index in [1.54, 1.807) is 7.11 Å². The maximum absolute atomic E-state index is 5.52. The van der Waals surface area contributed by atoms with Crippen molar-refractivity contribution < 1.29 is 4.74 Å². The molecule has 0 saturated carbocycles. The van der Waals surface area contributed by atoms with Crippen LogP contribution in [0.15, 0.2) is 6.20 Å². The molecular formula is C15H30N4O. The summed E-state index contributed by atoms with van der Waals surface area (Å²) < 4.78 is 7.59. The van der Waals surface area contributed by atoms with Gasteiger partial charge in [0, 0.05) is 6.54 Å². The van der Waals surface area contributed by atoms with Crippen LogP contribution < -0.4 is 10.1 Å². The number of nitrogens with one attached hydrogen (secondary N) is 1. The molecule has 1 rings (SSSR count). The summed E-state index contributed by atoms with van der Waals surface area (Å²) >= 11 is 0. The summed E-state index contributed by atoms with van der Waals surface area (Å²) in [6, 6.07) is 0.215. The van der Waals surface area contributed by atoms with Gasteiger partial charge >= 0.3 is 0 Å². The topological polar surface area (TPSA) is 42.3 Å². The highest BCUT2D eigenvalue weighted by Crippen LogP contribution is 2.39. The van der Waals surface area contributed by atoms with E-state index in [2.05, 4.69) is 54.9 Å². The van der Waals surface area contributed by atoms with E-state index in [0.717, 1.165) is 31.0 Å². The zero-order valence-corrected chi connectivity index (χ0v) is 14.0. The van der Waals surface area contributed by atoms with E-state index in [9.17, 15) is 0 Å². The van der Waals surface area contributed by atoms with Crippen LogP contribution in [0.25, 0.3) is 0 Å². The summed E-state index contributed by atoms with van der Waals surface area (Å²) in [7, 11) is 7.87. The second kappa shape index (κ2) is 7.09. The lowest BCUT2D eigenvalue weighted by Gasteiger charge is -2.34. The van der Waals surface area contributed by atoms with Gasteiger partial charge in [0.2, 0.25) is 0 Å². The number of nitrogens with zero attached hydrogens (tertiary/aromatic N) is 3. The van der Waals surface area contributed by atoms with Crippen LogP contribution in [-0.2, 0) is 6.54 Å². The molecule has 0 saturated heterocycles. The minimum absolute atomic E-state index is 0.137. The predicted octanol–water partition coefficient (Wildman–Crippen LogP) is 2.15. The average Bonchev–Trinajstić information content (AvgIpc) is 2.80. The molecule has 0 radical (unpaired) electrons. The van der Waals surface area contributed by atoms with E-state index in [4.69, 9.17) is 4.74 Å². The summed E-state index contributed by atoms with van der Waals surface area (Å²) in [6.07, 6.45) is 2.90. The van der Waals surface area contributed by atoms with Gasteiger partial charge in [-0.2, -0.15) is 5.10 Å². The Morgan fingerprint density at radius 2 is 2.10 bits per heavy atom. The fourth-order valence-electron chi connectivity index (χ4n) is 2.40. The maximum Gasteiger partial charge on any atom is 0.161 e. The van der Waals surface area contributed by atoms with Crippen LogP contribution in [-0.4, -0.2) is 49.5 Å². The van der Waals surface area contributed by atoms with Crippen LogP contribution in [0, 0.1) is 5.41 Å². The molecule has 20 heavy (non-hydrogen) atoms. The Balaban J connectivity index is 3.14. The monoisotopic (exact) mass is 282 g/mol. The van der Waals surface area contributed by atoms with Crippen LogP contribution in [0.2, 0.25) is 0 Å². The van der Waals surface area contributed by atoms with E-state index in [0.29, 0.717) is 0 Å². The molecule has 0 spiro atoms. The SMILES string of the molecule is CCC(C)(C)C(NC)c1c(OC)cnn1CCN(C)C. The zero-order chi connectivity index (χ0) is 15.3. The van der Waals surface area contributed by atoms with Crippen molar-refractivity contribution in [2.75, 3.05) is 34.8 Å². The van der Waals surface area contributed by atoms with Crippen LogP contribution in [0.5, 0.6) is 5.75 Å². The van der Waals surface area contributed by atoms with E-state index >= 15 is 0 Å². The first-order valence-electron chi connectivity index (χ1n) is 7.29. The largest absolute Gasteiger partial charge is 0.493 e. The lowest BCUT2D eigenvalue weighted by molar-refractivity contribution is 0.225. The Labute approximate surface area is 123 Å². The second-order valence-corrected chi connectivity index (χ2v) is 6.19. The molecule has 1 atom stereocenters. The lowest BCUT2D eigenvalue weighted by atomic mass is 9.80. The third-order valence-electron chi connectivity index (χ3n) is 4.08. The quantitative estimate of drug-likeness (QED) is 0.793. The van der Waals surface area contributed by atoms with Crippen molar-refractivity contribution in [2.24, 2.45) is 5.41 Å². The fraction of sp³-hybridized carbons (Fsp3) is 0.800. The van der Waals surface area contributed by atoms with Crippen LogP contribution in [0.1, 0.15) is 38.9 Å². The molecule has 5 heteroatoms. The summed E-state index contributed by atoms with van der Waals surface area (Å²) in [5.41, 5.74) is 1.28. The number of aromatic nitrogens is 2. The first-order valence-corrected chi connectivity index (χ1v) is 7.29. The van der Waals surface area contributed by atoms with Gasteiger partial charge in [-0.25, -0.2) is 0 Å². The van der Waals surface area contributed by atoms with Gasteiger partial charge < -0.3 is 15.0 Å². The minimum atomic E-state index is 0.137. The lowest BCUT2D eigenvalue weighted by Crippen LogP contribution is -2.34. The Morgan fingerprint density at radius 3 is 2.55 bits per heavy atom. The van der Waals surface area contributed by atoms with Gasteiger partial charge in [0.25, 0.3) is 0 Å². The predicted molar refractivity (Wildman–Crippen MR) is 83.2 cm³/mol. The second-order valence-electron chi connectivity index (χ2n) is 6.19. The Hall–Kier alpha value is -1.07. The van der Waals surface area contributed by atoms with E-state index in [-0.39, 0.29) is 11.5 Å². The number of likely N-dealkylation sites (N-methyl/N-ethyl adjacent to an activating group) is 1. The molecule has 0 aliphatic carbocycles. The maximum atomic E-state index is 5.52. The molecule has 1 unspecified atom stereocenters. The van der Waals surface area contributed by atoms with Crippen molar-refractivity contribution >= 4 is 0 Å². The molecule has 1 heterocycles. The molecule has 0 aliphatic heterocycles. The highest BCUT2D eigenvalue weighted by molar-refractivity contribution is 5.29. The highest BCUT2D eigenvalue weighted by Gasteiger charge is 2.33. The standard InChI is InChI=1S/C15H30N4O/c1-8-15(2,3)14(16-4)13-12(20-7)11-17-19(13)10-9-18(5)6/h11,14,16H,8-10H2,1-7H3. The van der Waals surface area contributed by atoms with Gasteiger partial charge in [-0.1, -0.05) is 20.8 Å². The van der Waals surface area contributed by atoms with Crippen molar-refractivity contribution in [1.29, 1.82) is 0 Å². The fourth-order valence-corrected chi connectivity index (χ4v) is 2.40. The van der Waals surface area contributed by atoms with Gasteiger partial charge in [0.15, 0.2) is 5.75 Å². The summed E-state index contributed by atoms with van der Waals surface area (Å²) in [5.74, 6) is 0.865. The number of hydrogen-bond acceptors (Lipinski definition) is 4. The first kappa shape index (κ1) is 17.0. The van der Waals surface area contributed by atoms with Gasteiger partial charge in [-0.15, -0.1) is 0 Å².